The minimum absolute atomic E-state index is 0.0767. The minimum Gasteiger partial charge on any atom is -0.477 e. The third-order valence-corrected chi connectivity index (χ3v) is 3.55. The molecule has 0 atom stereocenters. The quantitative estimate of drug-likeness (QED) is 0.857. The zero-order valence-electron chi connectivity index (χ0n) is 10.8. The maximum atomic E-state index is 11.8. The molecule has 1 N–H and O–H groups in total. The highest BCUT2D eigenvalue weighted by Gasteiger charge is 2.22. The Bertz CT molecular complexity index is 621. The first kappa shape index (κ1) is 14.2. The van der Waals surface area contributed by atoms with Crippen LogP contribution in [0.3, 0.4) is 0 Å². The first-order chi connectivity index (χ1) is 9.58. The number of nitrogens with zero attached hydrogens (tertiary/aromatic N) is 1. The van der Waals surface area contributed by atoms with Crippen molar-refractivity contribution in [3.8, 4) is 0 Å². The molecule has 0 unspecified atom stereocenters. The molecule has 20 heavy (non-hydrogen) atoms. The second-order valence-electron chi connectivity index (χ2n) is 4.09. The Balaban J connectivity index is 1.97. The number of aryl methyl sites for hydroxylation is 1. The van der Waals surface area contributed by atoms with Crippen molar-refractivity contribution >= 4 is 23.3 Å². The monoisotopic (exact) mass is 291 g/mol. The Morgan fingerprint density at radius 3 is 2.65 bits per heavy atom. The molecule has 104 valence electrons. The SMILES string of the molecule is Cc1nc(C(=O)OCCc2ccccc2)c(C(=O)O)s1. The average molecular weight is 291 g/mol. The lowest BCUT2D eigenvalue weighted by molar-refractivity contribution is 0.0493. The van der Waals surface area contributed by atoms with Gasteiger partial charge >= 0.3 is 11.9 Å². The van der Waals surface area contributed by atoms with Crippen molar-refractivity contribution in [1.82, 2.24) is 4.98 Å². The van der Waals surface area contributed by atoms with Gasteiger partial charge in [0, 0.05) is 6.42 Å². The van der Waals surface area contributed by atoms with Crippen LogP contribution in [0.1, 0.15) is 30.7 Å². The summed E-state index contributed by atoms with van der Waals surface area (Å²) in [4.78, 5) is 26.7. The topological polar surface area (TPSA) is 76.5 Å². The third-order valence-electron chi connectivity index (χ3n) is 2.59. The summed E-state index contributed by atoms with van der Waals surface area (Å²) in [6, 6.07) is 9.59. The van der Waals surface area contributed by atoms with E-state index < -0.39 is 11.9 Å². The van der Waals surface area contributed by atoms with E-state index in [0.29, 0.717) is 11.4 Å². The Morgan fingerprint density at radius 1 is 1.30 bits per heavy atom. The highest BCUT2D eigenvalue weighted by molar-refractivity contribution is 7.13. The molecule has 1 heterocycles. The van der Waals surface area contributed by atoms with Gasteiger partial charge in [0.1, 0.15) is 4.88 Å². The number of ether oxygens (including phenoxy) is 1. The number of hydrogen-bond acceptors (Lipinski definition) is 5. The smallest absolute Gasteiger partial charge is 0.358 e. The fourth-order valence-electron chi connectivity index (χ4n) is 1.68. The molecule has 0 fully saturated rings. The molecular weight excluding hydrogens is 278 g/mol. The standard InChI is InChI=1S/C14H13NO4S/c1-9-15-11(12(20-9)13(16)17)14(18)19-8-7-10-5-3-2-4-6-10/h2-6H,7-8H2,1H3,(H,16,17). The molecule has 1 aromatic heterocycles. The molecule has 6 heteroatoms. The Labute approximate surface area is 119 Å². The lowest BCUT2D eigenvalue weighted by atomic mass is 10.2. The lowest BCUT2D eigenvalue weighted by Crippen LogP contribution is -2.12. The number of carbonyl (C=O) groups excluding carboxylic acids is 1. The second-order valence-corrected chi connectivity index (χ2v) is 5.29. The molecule has 1 aromatic carbocycles. The summed E-state index contributed by atoms with van der Waals surface area (Å²) in [7, 11) is 0. The molecule has 0 aliphatic rings. The molecule has 0 aliphatic heterocycles. The van der Waals surface area contributed by atoms with Crippen molar-refractivity contribution in [2.45, 2.75) is 13.3 Å². The van der Waals surface area contributed by atoms with Crippen LogP contribution in [0, 0.1) is 6.92 Å². The van der Waals surface area contributed by atoms with Crippen LogP contribution in [0.5, 0.6) is 0 Å². The maximum absolute atomic E-state index is 11.8. The van der Waals surface area contributed by atoms with Crippen LogP contribution >= 0.6 is 11.3 Å². The van der Waals surface area contributed by atoms with Crippen molar-refractivity contribution in [1.29, 1.82) is 0 Å². The number of carboxylic acid groups (broad SMARTS) is 1. The summed E-state index contributed by atoms with van der Waals surface area (Å²) in [6.07, 6.45) is 0.581. The van der Waals surface area contributed by atoms with Crippen LogP contribution in [0.4, 0.5) is 0 Å². The summed E-state index contributed by atoms with van der Waals surface area (Å²) in [6.45, 7) is 1.84. The molecule has 0 amide bonds. The normalized spacial score (nSPS) is 10.2. The van der Waals surface area contributed by atoms with Crippen LogP contribution in [0.15, 0.2) is 30.3 Å². The van der Waals surface area contributed by atoms with E-state index in [-0.39, 0.29) is 17.2 Å². The van der Waals surface area contributed by atoms with E-state index in [1.165, 1.54) is 0 Å². The molecule has 0 radical (unpaired) electrons. The van der Waals surface area contributed by atoms with Gasteiger partial charge in [0.2, 0.25) is 0 Å². The number of aromatic nitrogens is 1. The maximum Gasteiger partial charge on any atom is 0.358 e. The summed E-state index contributed by atoms with van der Waals surface area (Å²) in [5.74, 6) is -1.85. The number of carbonyl (C=O) groups is 2. The molecule has 0 aliphatic carbocycles. The van der Waals surface area contributed by atoms with Gasteiger partial charge in [-0.25, -0.2) is 14.6 Å². The third kappa shape index (κ3) is 3.42. The molecule has 0 spiro atoms. The largest absolute Gasteiger partial charge is 0.477 e. The van der Waals surface area contributed by atoms with E-state index in [9.17, 15) is 9.59 Å². The fraction of sp³-hybridized carbons (Fsp3) is 0.214. The Hall–Kier alpha value is -2.21. The molecule has 2 rings (SSSR count). The highest BCUT2D eigenvalue weighted by atomic mass is 32.1. The zero-order chi connectivity index (χ0) is 14.5. The van der Waals surface area contributed by atoms with Gasteiger partial charge in [-0.3, -0.25) is 0 Å². The number of aromatic carboxylic acids is 1. The highest BCUT2D eigenvalue weighted by Crippen LogP contribution is 2.18. The van der Waals surface area contributed by atoms with Crippen molar-refractivity contribution in [3.05, 3.63) is 51.5 Å². The van der Waals surface area contributed by atoms with E-state index in [2.05, 4.69) is 4.98 Å². The average Bonchev–Trinajstić information content (AvgIpc) is 2.82. The van der Waals surface area contributed by atoms with E-state index in [1.54, 1.807) is 6.92 Å². The van der Waals surface area contributed by atoms with Gasteiger partial charge in [0.05, 0.1) is 11.6 Å². The molecule has 5 nitrogen and oxygen atoms in total. The fourth-order valence-corrected chi connectivity index (χ4v) is 2.43. The van der Waals surface area contributed by atoms with Crippen LogP contribution < -0.4 is 0 Å². The molecule has 0 bridgehead atoms. The summed E-state index contributed by atoms with van der Waals surface area (Å²) < 4.78 is 5.08. The van der Waals surface area contributed by atoms with Gasteiger partial charge in [-0.15, -0.1) is 11.3 Å². The second kappa shape index (κ2) is 6.29. The first-order valence-corrected chi connectivity index (χ1v) is 6.81. The number of hydrogen-bond donors (Lipinski definition) is 1. The summed E-state index contributed by atoms with van der Waals surface area (Å²) in [5, 5.41) is 9.52. The Morgan fingerprint density at radius 2 is 2.00 bits per heavy atom. The molecule has 0 saturated carbocycles. The van der Waals surface area contributed by atoms with E-state index >= 15 is 0 Å². The number of thiazole rings is 1. The van der Waals surface area contributed by atoms with Crippen LogP contribution in [0.25, 0.3) is 0 Å². The molecular formula is C14H13NO4S. The zero-order valence-corrected chi connectivity index (χ0v) is 11.6. The number of benzene rings is 1. The van der Waals surface area contributed by atoms with Gasteiger partial charge in [0.15, 0.2) is 5.69 Å². The predicted molar refractivity (Wildman–Crippen MR) is 74.2 cm³/mol. The van der Waals surface area contributed by atoms with E-state index in [0.717, 1.165) is 16.9 Å². The van der Waals surface area contributed by atoms with E-state index in [1.807, 2.05) is 30.3 Å². The molecule has 0 saturated heterocycles. The van der Waals surface area contributed by atoms with Gasteiger partial charge in [0.25, 0.3) is 0 Å². The van der Waals surface area contributed by atoms with Crippen molar-refractivity contribution < 1.29 is 19.4 Å². The van der Waals surface area contributed by atoms with Gasteiger partial charge in [-0.2, -0.15) is 0 Å². The van der Waals surface area contributed by atoms with Gasteiger partial charge < -0.3 is 9.84 Å². The van der Waals surface area contributed by atoms with Crippen LogP contribution in [-0.4, -0.2) is 28.6 Å². The summed E-state index contributed by atoms with van der Waals surface area (Å²) >= 11 is 0.969. The predicted octanol–water partition coefficient (Wildman–Crippen LogP) is 2.55. The van der Waals surface area contributed by atoms with Crippen LogP contribution in [0.2, 0.25) is 0 Å². The van der Waals surface area contributed by atoms with Crippen LogP contribution in [-0.2, 0) is 11.2 Å². The van der Waals surface area contributed by atoms with Crippen molar-refractivity contribution in [2.75, 3.05) is 6.61 Å². The Kier molecular flexibility index (Phi) is 4.47. The number of esters is 1. The van der Waals surface area contributed by atoms with Gasteiger partial charge in [-0.1, -0.05) is 30.3 Å². The van der Waals surface area contributed by atoms with E-state index in [4.69, 9.17) is 9.84 Å². The van der Waals surface area contributed by atoms with Gasteiger partial charge in [-0.05, 0) is 12.5 Å². The molecule has 2 aromatic rings. The lowest BCUT2D eigenvalue weighted by Gasteiger charge is -2.03. The number of rotatable bonds is 5. The summed E-state index contributed by atoms with van der Waals surface area (Å²) in [5.41, 5.74) is 0.932. The number of carboxylic acids is 1. The van der Waals surface area contributed by atoms with Crippen molar-refractivity contribution in [2.24, 2.45) is 0 Å². The van der Waals surface area contributed by atoms with Crippen molar-refractivity contribution in [3.63, 3.8) is 0 Å². The first-order valence-electron chi connectivity index (χ1n) is 5.99. The minimum atomic E-state index is -1.16.